The lowest BCUT2D eigenvalue weighted by molar-refractivity contribution is 0.666. The molecule has 0 N–H and O–H groups in total. The zero-order valence-corrected chi connectivity index (χ0v) is 29.5. The topological polar surface area (TPSA) is 51.6 Å². The third-order valence-corrected chi connectivity index (χ3v) is 10.7. The summed E-state index contributed by atoms with van der Waals surface area (Å²) in [5, 5.41) is 3.64. The first-order valence-corrected chi connectivity index (χ1v) is 18.1. The summed E-state index contributed by atoms with van der Waals surface area (Å²) in [5.74, 6) is 1.90. The van der Waals surface area contributed by atoms with Gasteiger partial charge in [-0.2, -0.15) is 0 Å². The van der Waals surface area contributed by atoms with Crippen LogP contribution in [0.15, 0.2) is 170 Å². The molecule has 0 amide bonds. The molecule has 0 saturated heterocycles. The number of hydrogen-bond acceptors (Lipinski definition) is 4. The molecule has 53 heavy (non-hydrogen) atoms. The zero-order chi connectivity index (χ0) is 35.5. The fraction of sp³-hybridized carbons (Fsp3) is 0.0612. The zero-order valence-electron chi connectivity index (χ0n) is 29.5. The van der Waals surface area contributed by atoms with E-state index in [4.69, 9.17) is 19.9 Å². The van der Waals surface area contributed by atoms with Gasteiger partial charge in [0, 0.05) is 33.1 Å². The SMILES string of the molecule is CC1(C)c2ccccc2-c2ccc3nc(-c4cccc(-c5nc(-c6ccccc6)nc(-c6ccccc6)n5)c4)cc(-c4ccc5ccccc5c4)c3c21. The molecular formula is C49H34N4. The van der Waals surface area contributed by atoms with E-state index in [-0.39, 0.29) is 5.41 Å². The highest BCUT2D eigenvalue weighted by Crippen LogP contribution is 2.53. The van der Waals surface area contributed by atoms with E-state index in [0.29, 0.717) is 17.5 Å². The second-order valence-electron chi connectivity index (χ2n) is 14.3. The van der Waals surface area contributed by atoms with Gasteiger partial charge in [0.1, 0.15) is 0 Å². The minimum Gasteiger partial charge on any atom is -0.248 e. The molecule has 0 radical (unpaired) electrons. The summed E-state index contributed by atoms with van der Waals surface area (Å²) in [5.41, 5.74) is 13.1. The summed E-state index contributed by atoms with van der Waals surface area (Å²) >= 11 is 0. The second kappa shape index (κ2) is 12.2. The van der Waals surface area contributed by atoms with Crippen molar-refractivity contribution in [2.75, 3.05) is 0 Å². The smallest absolute Gasteiger partial charge is 0.164 e. The number of benzene rings is 7. The molecule has 2 aromatic heterocycles. The van der Waals surface area contributed by atoms with Crippen LogP contribution in [0.25, 0.3) is 89.4 Å². The Morgan fingerprint density at radius 2 is 0.981 bits per heavy atom. The van der Waals surface area contributed by atoms with Crippen molar-refractivity contribution in [3.8, 4) is 67.7 Å². The van der Waals surface area contributed by atoms with Gasteiger partial charge in [0.2, 0.25) is 0 Å². The molecule has 0 atom stereocenters. The Hall–Kier alpha value is -6.78. The Morgan fingerprint density at radius 3 is 1.72 bits per heavy atom. The molecule has 0 fully saturated rings. The first-order valence-electron chi connectivity index (χ1n) is 18.1. The standard InChI is InChI=1S/C49H34N4/c1-49(2)41-23-12-11-22-38(41)39-26-27-42-44(45(39)49)40(35-25-24-31-14-9-10-19-34(31)28-35)30-43(50-42)36-20-13-21-37(29-36)48-52-46(32-15-5-3-6-16-32)51-47(53-48)33-17-7-4-8-18-33/h3-30H,1-2H3. The number of rotatable bonds is 5. The molecule has 0 spiro atoms. The van der Waals surface area contributed by atoms with E-state index < -0.39 is 0 Å². The van der Waals surface area contributed by atoms with Crippen molar-refractivity contribution < 1.29 is 0 Å². The molecule has 0 saturated carbocycles. The van der Waals surface area contributed by atoms with Crippen molar-refractivity contribution in [3.05, 3.63) is 181 Å². The van der Waals surface area contributed by atoms with Gasteiger partial charge >= 0.3 is 0 Å². The van der Waals surface area contributed by atoms with Gasteiger partial charge in [-0.1, -0.05) is 159 Å². The van der Waals surface area contributed by atoms with Crippen molar-refractivity contribution in [2.45, 2.75) is 19.3 Å². The van der Waals surface area contributed by atoms with E-state index in [9.17, 15) is 0 Å². The minimum absolute atomic E-state index is 0.189. The highest BCUT2D eigenvalue weighted by atomic mass is 15.0. The maximum Gasteiger partial charge on any atom is 0.164 e. The van der Waals surface area contributed by atoms with E-state index in [1.165, 1.54) is 49.5 Å². The Morgan fingerprint density at radius 1 is 0.377 bits per heavy atom. The van der Waals surface area contributed by atoms with Gasteiger partial charge in [-0.05, 0) is 68.4 Å². The van der Waals surface area contributed by atoms with Gasteiger partial charge in [0.25, 0.3) is 0 Å². The summed E-state index contributed by atoms with van der Waals surface area (Å²) in [6.45, 7) is 4.70. The van der Waals surface area contributed by atoms with Crippen molar-refractivity contribution >= 4 is 21.7 Å². The molecule has 0 bridgehead atoms. The van der Waals surface area contributed by atoms with Crippen molar-refractivity contribution in [1.82, 2.24) is 19.9 Å². The molecule has 2 heterocycles. The fourth-order valence-electron chi connectivity index (χ4n) is 8.09. The van der Waals surface area contributed by atoms with Crippen LogP contribution in [0.4, 0.5) is 0 Å². The molecule has 7 aromatic carbocycles. The molecule has 10 rings (SSSR count). The molecule has 4 heteroatoms. The molecule has 250 valence electrons. The lowest BCUT2D eigenvalue weighted by atomic mass is 9.79. The van der Waals surface area contributed by atoms with E-state index in [2.05, 4.69) is 123 Å². The number of fused-ring (bicyclic) bond motifs is 6. The van der Waals surface area contributed by atoms with Gasteiger partial charge in [-0.25, -0.2) is 19.9 Å². The minimum atomic E-state index is -0.189. The summed E-state index contributed by atoms with van der Waals surface area (Å²) in [7, 11) is 0. The monoisotopic (exact) mass is 678 g/mol. The number of pyridine rings is 1. The van der Waals surface area contributed by atoms with Crippen LogP contribution in [0, 0.1) is 0 Å². The number of hydrogen-bond donors (Lipinski definition) is 0. The molecule has 0 aliphatic heterocycles. The first-order chi connectivity index (χ1) is 26.0. The summed E-state index contributed by atoms with van der Waals surface area (Å²) < 4.78 is 0. The average molecular weight is 679 g/mol. The Labute approximate surface area is 308 Å². The Balaban J connectivity index is 1.18. The quantitative estimate of drug-likeness (QED) is 0.182. The predicted octanol–water partition coefficient (Wildman–Crippen LogP) is 12.2. The Bertz CT molecular complexity index is 2800. The normalized spacial score (nSPS) is 12.9. The number of aromatic nitrogens is 4. The largest absolute Gasteiger partial charge is 0.248 e. The van der Waals surface area contributed by atoms with Gasteiger partial charge < -0.3 is 0 Å². The maximum absolute atomic E-state index is 5.41. The highest BCUT2D eigenvalue weighted by molar-refractivity contribution is 6.06. The van der Waals surface area contributed by atoms with Crippen LogP contribution in [0.1, 0.15) is 25.0 Å². The molecule has 9 aromatic rings. The van der Waals surface area contributed by atoms with Crippen LogP contribution >= 0.6 is 0 Å². The summed E-state index contributed by atoms with van der Waals surface area (Å²) in [4.78, 5) is 20.3. The fourth-order valence-corrected chi connectivity index (χ4v) is 8.09. The first kappa shape index (κ1) is 31.0. The molecule has 1 aliphatic rings. The third-order valence-electron chi connectivity index (χ3n) is 10.7. The Kier molecular flexibility index (Phi) is 7.12. The lowest BCUT2D eigenvalue weighted by Gasteiger charge is -2.24. The van der Waals surface area contributed by atoms with Crippen LogP contribution in [0.5, 0.6) is 0 Å². The van der Waals surface area contributed by atoms with Crippen molar-refractivity contribution in [1.29, 1.82) is 0 Å². The highest BCUT2D eigenvalue weighted by Gasteiger charge is 2.37. The van der Waals surface area contributed by atoms with Crippen molar-refractivity contribution in [2.24, 2.45) is 0 Å². The van der Waals surface area contributed by atoms with E-state index >= 15 is 0 Å². The van der Waals surface area contributed by atoms with Gasteiger partial charge in [-0.3, -0.25) is 0 Å². The van der Waals surface area contributed by atoms with Crippen molar-refractivity contribution in [3.63, 3.8) is 0 Å². The van der Waals surface area contributed by atoms with E-state index in [0.717, 1.165) is 33.5 Å². The summed E-state index contributed by atoms with van der Waals surface area (Å²) in [6, 6.07) is 59.6. The molecule has 4 nitrogen and oxygen atoms in total. The van der Waals surface area contributed by atoms with Gasteiger partial charge in [0.05, 0.1) is 11.2 Å². The van der Waals surface area contributed by atoms with Crippen LogP contribution in [-0.4, -0.2) is 19.9 Å². The van der Waals surface area contributed by atoms with Gasteiger partial charge in [-0.15, -0.1) is 0 Å². The second-order valence-corrected chi connectivity index (χ2v) is 14.3. The molecule has 1 aliphatic carbocycles. The molecule has 0 unspecified atom stereocenters. The summed E-state index contributed by atoms with van der Waals surface area (Å²) in [6.07, 6.45) is 0. The van der Waals surface area contributed by atoms with E-state index in [1.54, 1.807) is 0 Å². The van der Waals surface area contributed by atoms with Crippen LogP contribution in [0.3, 0.4) is 0 Å². The number of nitrogens with zero attached hydrogens (tertiary/aromatic N) is 4. The third kappa shape index (κ3) is 5.22. The van der Waals surface area contributed by atoms with Crippen LogP contribution < -0.4 is 0 Å². The average Bonchev–Trinajstić information content (AvgIpc) is 3.46. The predicted molar refractivity (Wildman–Crippen MR) is 217 cm³/mol. The van der Waals surface area contributed by atoms with Crippen LogP contribution in [-0.2, 0) is 5.41 Å². The molecular weight excluding hydrogens is 645 g/mol. The lowest BCUT2D eigenvalue weighted by Crippen LogP contribution is -2.16. The maximum atomic E-state index is 5.41. The van der Waals surface area contributed by atoms with Gasteiger partial charge in [0.15, 0.2) is 17.5 Å². The van der Waals surface area contributed by atoms with Crippen LogP contribution in [0.2, 0.25) is 0 Å². The van der Waals surface area contributed by atoms with E-state index in [1.807, 2.05) is 60.7 Å².